The highest BCUT2D eigenvalue weighted by molar-refractivity contribution is 6.42. The van der Waals surface area contributed by atoms with Crippen LogP contribution in [0, 0.1) is 0 Å². The average molecular weight is 271 g/mol. The topological polar surface area (TPSA) is 32.3 Å². The predicted octanol–water partition coefficient (Wildman–Crippen LogP) is 2.89. The van der Waals surface area contributed by atoms with Crippen LogP contribution in [0.3, 0.4) is 0 Å². The quantitative estimate of drug-likeness (QED) is 0.882. The van der Waals surface area contributed by atoms with Crippen LogP contribution in [0.25, 0.3) is 0 Å². The fraction of sp³-hybridized carbons (Fsp3) is 0.400. The molecule has 0 radical (unpaired) electrons. The van der Waals surface area contributed by atoms with E-state index in [1.54, 1.807) is 13.0 Å². The van der Waals surface area contributed by atoms with Gasteiger partial charge in [0.25, 0.3) is 0 Å². The monoisotopic (exact) mass is 269 g/mol. The van der Waals surface area contributed by atoms with Gasteiger partial charge in [-0.25, -0.2) is 0 Å². The fourth-order valence-corrected chi connectivity index (χ4v) is 1.40. The molecular formula is C10H14Cl3NO. The van der Waals surface area contributed by atoms with Gasteiger partial charge in [0.1, 0.15) is 0 Å². The number of nitrogens with one attached hydrogen (secondary N) is 1. The van der Waals surface area contributed by atoms with Gasteiger partial charge in [0, 0.05) is 13.1 Å². The molecule has 0 aliphatic carbocycles. The summed E-state index contributed by atoms with van der Waals surface area (Å²) in [5, 5.41) is 13.2. The molecule has 0 saturated carbocycles. The second-order valence-electron chi connectivity index (χ2n) is 3.23. The number of hydrogen-bond donors (Lipinski definition) is 2. The zero-order chi connectivity index (χ0) is 10.6. The summed E-state index contributed by atoms with van der Waals surface area (Å²) in [6.07, 6.45) is -0.335. The second kappa shape index (κ2) is 7.31. The zero-order valence-electron chi connectivity index (χ0n) is 8.34. The van der Waals surface area contributed by atoms with Crippen LogP contribution in [0.1, 0.15) is 12.5 Å². The van der Waals surface area contributed by atoms with E-state index in [2.05, 4.69) is 5.32 Å². The minimum atomic E-state index is -0.335. The lowest BCUT2D eigenvalue weighted by Gasteiger charge is -2.07. The third kappa shape index (κ3) is 5.59. The van der Waals surface area contributed by atoms with Gasteiger partial charge in [0.15, 0.2) is 0 Å². The Hall–Kier alpha value is 0.01000. The fourth-order valence-electron chi connectivity index (χ4n) is 1.07. The number of aliphatic hydroxyl groups excluding tert-OH is 1. The first-order valence-electron chi connectivity index (χ1n) is 4.42. The van der Waals surface area contributed by atoms with Gasteiger partial charge >= 0.3 is 0 Å². The first kappa shape index (κ1) is 15.0. The summed E-state index contributed by atoms with van der Waals surface area (Å²) in [7, 11) is 0. The van der Waals surface area contributed by atoms with Gasteiger partial charge in [0.2, 0.25) is 0 Å². The molecule has 1 atom stereocenters. The summed E-state index contributed by atoms with van der Waals surface area (Å²) < 4.78 is 0. The van der Waals surface area contributed by atoms with Crippen molar-refractivity contribution in [2.45, 2.75) is 19.6 Å². The standard InChI is InChI=1S/C10H13Cl2NO.ClH/c1-7(14)5-13-6-8-2-3-9(11)10(12)4-8;/h2-4,7,13-14H,5-6H2,1H3;1H. The highest BCUT2D eigenvalue weighted by atomic mass is 35.5. The summed E-state index contributed by atoms with van der Waals surface area (Å²) >= 11 is 11.6. The summed E-state index contributed by atoms with van der Waals surface area (Å²) in [6.45, 7) is 2.99. The molecule has 0 aliphatic rings. The SMILES string of the molecule is CC(O)CNCc1ccc(Cl)c(Cl)c1.Cl. The highest BCUT2D eigenvalue weighted by Crippen LogP contribution is 2.22. The Bertz CT molecular complexity index is 305. The lowest BCUT2D eigenvalue weighted by atomic mass is 10.2. The van der Waals surface area contributed by atoms with Crippen molar-refractivity contribution in [1.82, 2.24) is 5.32 Å². The Morgan fingerprint density at radius 2 is 2.00 bits per heavy atom. The third-order valence-corrected chi connectivity index (χ3v) is 2.49. The predicted molar refractivity (Wildman–Crippen MR) is 67.1 cm³/mol. The molecule has 1 aromatic carbocycles. The molecule has 86 valence electrons. The first-order valence-corrected chi connectivity index (χ1v) is 5.18. The van der Waals surface area contributed by atoms with Crippen LogP contribution in [0.5, 0.6) is 0 Å². The third-order valence-electron chi connectivity index (χ3n) is 1.75. The normalized spacial score (nSPS) is 12.0. The number of hydrogen-bond acceptors (Lipinski definition) is 2. The van der Waals surface area contributed by atoms with E-state index in [1.165, 1.54) is 0 Å². The number of aliphatic hydroxyl groups is 1. The molecule has 1 rings (SSSR count). The van der Waals surface area contributed by atoms with Gasteiger partial charge in [-0.05, 0) is 24.6 Å². The van der Waals surface area contributed by atoms with Crippen molar-refractivity contribution in [3.05, 3.63) is 33.8 Å². The van der Waals surface area contributed by atoms with Crippen molar-refractivity contribution >= 4 is 35.6 Å². The Morgan fingerprint density at radius 1 is 1.33 bits per heavy atom. The molecule has 5 heteroatoms. The van der Waals surface area contributed by atoms with E-state index in [0.717, 1.165) is 5.56 Å². The van der Waals surface area contributed by atoms with Gasteiger partial charge in [-0.1, -0.05) is 29.3 Å². The molecule has 1 aromatic rings. The number of rotatable bonds is 4. The molecule has 0 aliphatic heterocycles. The molecule has 2 N–H and O–H groups in total. The molecule has 0 bridgehead atoms. The molecule has 0 spiro atoms. The molecule has 0 saturated heterocycles. The van der Waals surface area contributed by atoms with Crippen molar-refractivity contribution in [3.63, 3.8) is 0 Å². The maximum Gasteiger partial charge on any atom is 0.0636 e. The number of halogens is 3. The largest absolute Gasteiger partial charge is 0.392 e. The van der Waals surface area contributed by atoms with Crippen molar-refractivity contribution in [3.8, 4) is 0 Å². The van der Waals surface area contributed by atoms with Gasteiger partial charge in [-0.15, -0.1) is 12.4 Å². The van der Waals surface area contributed by atoms with E-state index in [4.69, 9.17) is 28.3 Å². The van der Waals surface area contributed by atoms with Crippen LogP contribution in [-0.2, 0) is 6.54 Å². The summed E-state index contributed by atoms with van der Waals surface area (Å²) in [4.78, 5) is 0. The molecule has 0 aromatic heterocycles. The maximum atomic E-state index is 9.02. The maximum absolute atomic E-state index is 9.02. The summed E-state index contributed by atoms with van der Waals surface area (Å²) in [6, 6.07) is 5.49. The summed E-state index contributed by atoms with van der Waals surface area (Å²) in [5.74, 6) is 0. The van der Waals surface area contributed by atoms with E-state index in [1.807, 2.05) is 12.1 Å². The van der Waals surface area contributed by atoms with Gasteiger partial charge in [-0.2, -0.15) is 0 Å². The van der Waals surface area contributed by atoms with Crippen LogP contribution in [0.4, 0.5) is 0 Å². The molecule has 15 heavy (non-hydrogen) atoms. The Morgan fingerprint density at radius 3 is 2.53 bits per heavy atom. The zero-order valence-corrected chi connectivity index (χ0v) is 10.7. The van der Waals surface area contributed by atoms with Crippen molar-refractivity contribution in [2.24, 2.45) is 0 Å². The van der Waals surface area contributed by atoms with Crippen LogP contribution in [0.2, 0.25) is 10.0 Å². The Labute approximate surface area is 106 Å². The van der Waals surface area contributed by atoms with Gasteiger partial charge in [0.05, 0.1) is 16.1 Å². The van der Waals surface area contributed by atoms with Crippen molar-refractivity contribution in [2.75, 3.05) is 6.54 Å². The van der Waals surface area contributed by atoms with E-state index < -0.39 is 0 Å². The van der Waals surface area contributed by atoms with Gasteiger partial charge < -0.3 is 10.4 Å². The lowest BCUT2D eigenvalue weighted by Crippen LogP contribution is -2.23. The van der Waals surface area contributed by atoms with E-state index in [0.29, 0.717) is 23.1 Å². The van der Waals surface area contributed by atoms with Crippen LogP contribution in [-0.4, -0.2) is 17.8 Å². The van der Waals surface area contributed by atoms with E-state index in [-0.39, 0.29) is 18.5 Å². The molecular weight excluding hydrogens is 256 g/mol. The van der Waals surface area contributed by atoms with Crippen molar-refractivity contribution in [1.29, 1.82) is 0 Å². The first-order chi connectivity index (χ1) is 6.59. The van der Waals surface area contributed by atoms with Crippen LogP contribution >= 0.6 is 35.6 Å². The van der Waals surface area contributed by atoms with Crippen molar-refractivity contribution < 1.29 is 5.11 Å². The van der Waals surface area contributed by atoms with Crippen LogP contribution < -0.4 is 5.32 Å². The van der Waals surface area contributed by atoms with E-state index in [9.17, 15) is 0 Å². The smallest absolute Gasteiger partial charge is 0.0636 e. The minimum absolute atomic E-state index is 0. The van der Waals surface area contributed by atoms with E-state index >= 15 is 0 Å². The second-order valence-corrected chi connectivity index (χ2v) is 4.04. The summed E-state index contributed by atoms with van der Waals surface area (Å²) in [5.41, 5.74) is 1.06. The highest BCUT2D eigenvalue weighted by Gasteiger charge is 2.00. The van der Waals surface area contributed by atoms with Gasteiger partial charge in [-0.3, -0.25) is 0 Å². The Balaban J connectivity index is 0.00000196. The minimum Gasteiger partial charge on any atom is -0.392 e. The molecule has 0 heterocycles. The number of benzene rings is 1. The average Bonchev–Trinajstić information content (AvgIpc) is 2.10. The molecule has 0 amide bonds. The molecule has 2 nitrogen and oxygen atoms in total. The molecule has 1 unspecified atom stereocenters. The molecule has 0 fully saturated rings. The van der Waals surface area contributed by atoms with Crippen LogP contribution in [0.15, 0.2) is 18.2 Å². The lowest BCUT2D eigenvalue weighted by molar-refractivity contribution is 0.191. The Kier molecular flexibility index (Phi) is 7.32.